The van der Waals surface area contributed by atoms with Crippen molar-refractivity contribution in [1.29, 1.82) is 0 Å². The Bertz CT molecular complexity index is 1110. The minimum Gasteiger partial charge on any atom is -0.497 e. The van der Waals surface area contributed by atoms with Gasteiger partial charge in [-0.2, -0.15) is 0 Å². The van der Waals surface area contributed by atoms with E-state index in [1.165, 1.54) is 11.6 Å². The first-order valence-corrected chi connectivity index (χ1v) is 7.91. The highest BCUT2D eigenvalue weighted by atomic mass is 16.5. The summed E-state index contributed by atoms with van der Waals surface area (Å²) in [5, 5.41) is 0. The summed E-state index contributed by atoms with van der Waals surface area (Å²) in [6.45, 7) is 0. The Morgan fingerprint density at radius 2 is 1.50 bits per heavy atom. The van der Waals surface area contributed by atoms with E-state index >= 15 is 0 Å². The van der Waals surface area contributed by atoms with Crippen LogP contribution in [-0.2, 0) is 21.1 Å². The molecule has 0 N–H and O–H groups in total. The summed E-state index contributed by atoms with van der Waals surface area (Å²) in [6, 6.07) is 5.50. The van der Waals surface area contributed by atoms with Gasteiger partial charge in [-0.15, -0.1) is 0 Å². The molecule has 2 heterocycles. The predicted octanol–water partition coefficient (Wildman–Crippen LogP) is 1.16. The van der Waals surface area contributed by atoms with Crippen LogP contribution in [0.4, 0.5) is 0 Å². The van der Waals surface area contributed by atoms with Crippen LogP contribution < -0.4 is 20.7 Å². The molecule has 3 aromatic rings. The summed E-state index contributed by atoms with van der Waals surface area (Å²) in [5.41, 5.74) is 0.797. The number of methoxy groups -OCH3 is 2. The van der Waals surface area contributed by atoms with Crippen molar-refractivity contribution in [3.8, 4) is 11.5 Å². The minimum absolute atomic E-state index is 0.350. The first-order valence-electron chi connectivity index (χ1n) is 7.91. The summed E-state index contributed by atoms with van der Waals surface area (Å²) >= 11 is 0. The lowest BCUT2D eigenvalue weighted by Crippen LogP contribution is -2.37. The summed E-state index contributed by atoms with van der Waals surface area (Å²) in [6.07, 6.45) is 3.62. The number of imidazole rings is 1. The Kier molecular flexibility index (Phi) is 4.41. The quantitative estimate of drug-likeness (QED) is 0.701. The van der Waals surface area contributed by atoms with E-state index in [1.807, 2.05) is 18.2 Å². The van der Waals surface area contributed by atoms with Crippen LogP contribution in [0.3, 0.4) is 0 Å². The molecule has 0 unspecified atom stereocenters. The number of hydrogen-bond donors (Lipinski definition) is 0. The number of rotatable bonds is 4. The molecular weight excluding hydrogens is 336 g/mol. The molecule has 0 atom stereocenters. The van der Waals surface area contributed by atoms with Crippen LogP contribution in [-0.4, -0.2) is 32.9 Å². The van der Waals surface area contributed by atoms with Crippen LogP contribution in [0.1, 0.15) is 11.4 Å². The van der Waals surface area contributed by atoms with E-state index < -0.39 is 5.69 Å². The Balaban J connectivity index is 2.13. The van der Waals surface area contributed by atoms with Gasteiger partial charge in [0.15, 0.2) is 11.2 Å². The van der Waals surface area contributed by atoms with Gasteiger partial charge < -0.3 is 14.0 Å². The molecule has 0 aliphatic rings. The van der Waals surface area contributed by atoms with Crippen LogP contribution in [0, 0.1) is 0 Å². The van der Waals surface area contributed by atoms with Gasteiger partial charge in [-0.3, -0.25) is 13.9 Å². The lowest BCUT2D eigenvalue weighted by molar-refractivity contribution is 0.394. The molecule has 0 aliphatic carbocycles. The highest BCUT2D eigenvalue weighted by molar-refractivity contribution is 5.77. The van der Waals surface area contributed by atoms with E-state index in [4.69, 9.17) is 9.47 Å². The maximum atomic E-state index is 12.4. The molecule has 26 heavy (non-hydrogen) atoms. The molecule has 0 aliphatic heterocycles. The van der Waals surface area contributed by atoms with Gasteiger partial charge in [0.05, 0.1) is 14.2 Å². The Hall–Kier alpha value is -3.29. The van der Waals surface area contributed by atoms with Crippen LogP contribution in [0.5, 0.6) is 11.5 Å². The molecule has 1 aromatic carbocycles. The number of hydrogen-bond acceptors (Lipinski definition) is 5. The van der Waals surface area contributed by atoms with E-state index in [0.717, 1.165) is 10.1 Å². The van der Waals surface area contributed by atoms with Gasteiger partial charge in [-0.25, -0.2) is 9.78 Å². The first kappa shape index (κ1) is 17.5. The predicted molar refractivity (Wildman–Crippen MR) is 99.7 cm³/mol. The van der Waals surface area contributed by atoms with E-state index in [2.05, 4.69) is 4.98 Å². The van der Waals surface area contributed by atoms with Crippen LogP contribution in [0.15, 0.2) is 27.8 Å². The average molecular weight is 356 g/mol. The molecular formula is C18H20N4O4. The normalized spacial score (nSPS) is 11.4. The Labute approximate surface area is 149 Å². The molecule has 3 rings (SSSR count). The van der Waals surface area contributed by atoms with Gasteiger partial charge in [-0.05, 0) is 23.8 Å². The van der Waals surface area contributed by atoms with Crippen molar-refractivity contribution >= 4 is 23.3 Å². The summed E-state index contributed by atoms with van der Waals surface area (Å²) in [7, 11) is 7.97. The fourth-order valence-corrected chi connectivity index (χ4v) is 2.78. The summed E-state index contributed by atoms with van der Waals surface area (Å²) in [5.74, 6) is 1.90. The highest BCUT2D eigenvalue weighted by Crippen LogP contribution is 2.24. The molecule has 0 spiro atoms. The number of aryl methyl sites for hydroxylation is 2. The standard InChI is InChI=1S/C18H20N4O4/c1-20-14(7-6-11-8-12(25-4)10-13(9-11)26-5)19-16-15(20)17(23)22(3)18(24)21(16)2/h6-10H,1-5H3. The van der Waals surface area contributed by atoms with Gasteiger partial charge >= 0.3 is 5.69 Å². The van der Waals surface area contributed by atoms with Crippen LogP contribution >= 0.6 is 0 Å². The smallest absolute Gasteiger partial charge is 0.332 e. The maximum absolute atomic E-state index is 12.4. The van der Waals surface area contributed by atoms with E-state index in [9.17, 15) is 9.59 Å². The maximum Gasteiger partial charge on any atom is 0.332 e. The average Bonchev–Trinajstić information content (AvgIpc) is 2.99. The van der Waals surface area contributed by atoms with Crippen molar-refractivity contribution < 1.29 is 9.47 Å². The van der Waals surface area contributed by atoms with Gasteiger partial charge in [0.1, 0.15) is 17.3 Å². The van der Waals surface area contributed by atoms with Gasteiger partial charge in [0.25, 0.3) is 5.56 Å². The number of nitrogens with zero attached hydrogens (tertiary/aromatic N) is 4. The zero-order chi connectivity index (χ0) is 19.0. The second-order valence-electron chi connectivity index (χ2n) is 5.89. The number of benzene rings is 1. The number of aromatic nitrogens is 4. The largest absolute Gasteiger partial charge is 0.497 e. The SMILES string of the molecule is COc1cc(C=Cc2nc3c(c(=O)n(C)c(=O)n3C)n2C)cc(OC)c1. The van der Waals surface area contributed by atoms with Gasteiger partial charge in [0, 0.05) is 27.2 Å². The summed E-state index contributed by atoms with van der Waals surface area (Å²) < 4.78 is 14.6. The van der Waals surface area contributed by atoms with Crippen molar-refractivity contribution in [3.05, 3.63) is 50.4 Å². The second kappa shape index (κ2) is 6.55. The molecule has 0 radical (unpaired) electrons. The highest BCUT2D eigenvalue weighted by Gasteiger charge is 2.15. The zero-order valence-corrected chi connectivity index (χ0v) is 15.3. The fraction of sp³-hybridized carbons (Fsp3) is 0.278. The molecule has 8 heteroatoms. The van der Waals surface area contributed by atoms with Crippen molar-refractivity contribution in [1.82, 2.24) is 18.7 Å². The first-order chi connectivity index (χ1) is 12.4. The molecule has 2 aromatic heterocycles. The summed E-state index contributed by atoms with van der Waals surface area (Å²) in [4.78, 5) is 28.9. The third-order valence-corrected chi connectivity index (χ3v) is 4.31. The molecule has 0 saturated heterocycles. The van der Waals surface area contributed by atoms with E-state index in [1.54, 1.807) is 45.0 Å². The van der Waals surface area contributed by atoms with Crippen molar-refractivity contribution in [3.63, 3.8) is 0 Å². The second-order valence-corrected chi connectivity index (χ2v) is 5.89. The van der Waals surface area contributed by atoms with Crippen LogP contribution in [0.25, 0.3) is 23.3 Å². The van der Waals surface area contributed by atoms with Gasteiger partial charge in [0.2, 0.25) is 0 Å². The number of ether oxygens (including phenoxy) is 2. The monoisotopic (exact) mass is 356 g/mol. The molecule has 0 bridgehead atoms. The molecule has 0 fully saturated rings. The van der Waals surface area contributed by atoms with Crippen LogP contribution in [0.2, 0.25) is 0 Å². The molecule has 0 saturated carbocycles. The van der Waals surface area contributed by atoms with Gasteiger partial charge in [-0.1, -0.05) is 6.08 Å². The Morgan fingerprint density at radius 1 is 0.885 bits per heavy atom. The minimum atomic E-state index is -0.409. The molecule has 136 valence electrons. The van der Waals surface area contributed by atoms with Crippen molar-refractivity contribution in [2.75, 3.05) is 14.2 Å². The van der Waals surface area contributed by atoms with E-state index in [-0.39, 0.29) is 5.56 Å². The fourth-order valence-electron chi connectivity index (χ4n) is 2.78. The Morgan fingerprint density at radius 3 is 2.08 bits per heavy atom. The third-order valence-electron chi connectivity index (χ3n) is 4.31. The molecule has 0 amide bonds. The third kappa shape index (κ3) is 2.79. The van der Waals surface area contributed by atoms with E-state index in [0.29, 0.717) is 28.5 Å². The molecule has 8 nitrogen and oxygen atoms in total. The number of fused-ring (bicyclic) bond motifs is 1. The lowest BCUT2D eigenvalue weighted by Gasteiger charge is -2.05. The van der Waals surface area contributed by atoms with Crippen molar-refractivity contribution in [2.24, 2.45) is 21.1 Å². The topological polar surface area (TPSA) is 80.3 Å². The van der Waals surface area contributed by atoms with Crippen molar-refractivity contribution in [2.45, 2.75) is 0 Å². The zero-order valence-electron chi connectivity index (χ0n) is 15.3. The lowest BCUT2D eigenvalue weighted by atomic mass is 10.2.